The van der Waals surface area contributed by atoms with E-state index in [1.54, 1.807) is 6.08 Å². The molecule has 0 aliphatic heterocycles. The van der Waals surface area contributed by atoms with Crippen molar-refractivity contribution in [2.24, 2.45) is 0 Å². The van der Waals surface area contributed by atoms with E-state index in [-0.39, 0.29) is 5.91 Å². The van der Waals surface area contributed by atoms with Crippen LogP contribution in [-0.4, -0.2) is 39.6 Å². The molecule has 0 rings (SSSR count). The van der Waals surface area contributed by atoms with Gasteiger partial charge in [-0.15, -0.1) is 0 Å². The predicted octanol–water partition coefficient (Wildman–Crippen LogP) is 10.6. The molecule has 0 aliphatic rings. The smallest absolute Gasteiger partial charge is 0.387 e. The lowest BCUT2D eigenvalue weighted by atomic mass is 10.0. The number of phosphoric acid groups is 1. The van der Waals surface area contributed by atoms with Crippen LogP contribution in [0.5, 0.6) is 0 Å². The SMILES string of the molecule is CCCCCCCC/C=C\CCCCCCCC(=O)N[C@@H](COP(=O)(O)O)[C@H](O)/C=C/CCCCCCCCCCCCCC. The van der Waals surface area contributed by atoms with E-state index in [9.17, 15) is 14.5 Å². The monoisotopic (exact) mass is 658 g/mol. The fraction of sp³-hybridized carbons (Fsp3) is 0.865. The molecule has 1 amide bonds. The number of aliphatic hydroxyl groups excluding tert-OH is 1. The molecule has 0 saturated heterocycles. The molecule has 0 saturated carbocycles. The van der Waals surface area contributed by atoms with Gasteiger partial charge < -0.3 is 20.2 Å². The number of nitrogens with one attached hydrogen (secondary N) is 1. The molecule has 7 nitrogen and oxygen atoms in total. The van der Waals surface area contributed by atoms with E-state index in [2.05, 4.69) is 35.8 Å². The van der Waals surface area contributed by atoms with Gasteiger partial charge in [0.25, 0.3) is 0 Å². The Labute approximate surface area is 277 Å². The van der Waals surface area contributed by atoms with Crippen LogP contribution in [-0.2, 0) is 13.9 Å². The van der Waals surface area contributed by atoms with Crippen molar-refractivity contribution in [3.05, 3.63) is 24.3 Å². The summed E-state index contributed by atoms with van der Waals surface area (Å²) in [6, 6.07) is -0.911. The minimum absolute atomic E-state index is 0.236. The number of carbonyl (C=O) groups excluding carboxylic acids is 1. The molecule has 0 radical (unpaired) electrons. The van der Waals surface area contributed by atoms with Crippen molar-refractivity contribution in [2.45, 2.75) is 199 Å². The van der Waals surface area contributed by atoms with Crippen molar-refractivity contribution < 1.29 is 28.8 Å². The van der Waals surface area contributed by atoms with Gasteiger partial charge >= 0.3 is 7.82 Å². The summed E-state index contributed by atoms with van der Waals surface area (Å²) in [5, 5.41) is 13.3. The maximum absolute atomic E-state index is 12.5. The molecule has 0 spiro atoms. The summed E-state index contributed by atoms with van der Waals surface area (Å²) < 4.78 is 15.8. The molecule has 0 unspecified atom stereocenters. The number of phosphoric ester groups is 1. The number of unbranched alkanes of at least 4 members (excludes halogenated alkanes) is 23. The van der Waals surface area contributed by atoms with Gasteiger partial charge in [0.2, 0.25) is 5.91 Å². The second kappa shape index (κ2) is 32.9. The lowest BCUT2D eigenvalue weighted by Gasteiger charge is -2.22. The standard InChI is InChI=1S/C37H72NO6P/c1-3-5-7-9-11-13-15-17-19-21-23-25-27-29-31-33-37(40)38-35(34-44-45(41,42)43)36(39)32-30-28-26-24-22-20-18-16-14-12-10-8-6-4-2/h17,19,30,32,35-36,39H,3-16,18,20-29,31,33-34H2,1-2H3,(H,38,40)(H2,41,42,43)/b19-17-,32-30+/t35-,36+/m0/s1. The van der Waals surface area contributed by atoms with Crippen LogP contribution in [0.1, 0.15) is 187 Å². The molecule has 0 aromatic heterocycles. The Kier molecular flexibility index (Phi) is 32.2. The Bertz CT molecular complexity index is 753. The van der Waals surface area contributed by atoms with Crippen LogP contribution in [0.2, 0.25) is 0 Å². The summed E-state index contributed by atoms with van der Waals surface area (Å²) in [6.07, 6.45) is 39.0. The quantitative estimate of drug-likeness (QED) is 0.0311. The molecule has 8 heteroatoms. The summed E-state index contributed by atoms with van der Waals surface area (Å²) >= 11 is 0. The van der Waals surface area contributed by atoms with Crippen molar-refractivity contribution in [2.75, 3.05) is 6.61 Å². The Balaban J connectivity index is 4.06. The Hall–Kier alpha value is -0.980. The van der Waals surface area contributed by atoms with Crippen LogP contribution in [0.3, 0.4) is 0 Å². The number of carbonyl (C=O) groups is 1. The van der Waals surface area contributed by atoms with Crippen molar-refractivity contribution >= 4 is 13.7 Å². The molecule has 0 aromatic carbocycles. The molecule has 266 valence electrons. The summed E-state index contributed by atoms with van der Waals surface area (Å²) in [7, 11) is -4.71. The molecule has 2 atom stereocenters. The first-order valence-corrected chi connectivity index (χ1v) is 20.3. The van der Waals surface area contributed by atoms with E-state index in [0.717, 1.165) is 51.4 Å². The van der Waals surface area contributed by atoms with Gasteiger partial charge in [-0.2, -0.15) is 0 Å². The summed E-state index contributed by atoms with van der Waals surface area (Å²) in [5.74, 6) is -0.236. The van der Waals surface area contributed by atoms with Crippen molar-refractivity contribution in [1.29, 1.82) is 0 Å². The average Bonchev–Trinajstić information content (AvgIpc) is 3.00. The topological polar surface area (TPSA) is 116 Å². The predicted molar refractivity (Wildman–Crippen MR) is 190 cm³/mol. The van der Waals surface area contributed by atoms with Crippen LogP contribution >= 0.6 is 7.82 Å². The van der Waals surface area contributed by atoms with Gasteiger partial charge in [-0.05, 0) is 44.9 Å². The van der Waals surface area contributed by atoms with Crippen molar-refractivity contribution in [3.8, 4) is 0 Å². The number of amides is 1. The number of hydrogen-bond donors (Lipinski definition) is 4. The van der Waals surface area contributed by atoms with Gasteiger partial charge in [0.1, 0.15) is 0 Å². The van der Waals surface area contributed by atoms with E-state index in [1.807, 2.05) is 6.08 Å². The number of hydrogen-bond acceptors (Lipinski definition) is 4. The molecule has 45 heavy (non-hydrogen) atoms. The fourth-order valence-corrected chi connectivity index (χ4v) is 5.87. The molecular weight excluding hydrogens is 585 g/mol. The normalized spacial score (nSPS) is 13.6. The highest BCUT2D eigenvalue weighted by atomic mass is 31.2. The van der Waals surface area contributed by atoms with Crippen molar-refractivity contribution in [3.63, 3.8) is 0 Å². The highest BCUT2D eigenvalue weighted by Crippen LogP contribution is 2.35. The van der Waals surface area contributed by atoms with Gasteiger partial charge in [-0.25, -0.2) is 4.57 Å². The summed E-state index contributed by atoms with van der Waals surface area (Å²) in [5.41, 5.74) is 0. The van der Waals surface area contributed by atoms with Crippen LogP contribution in [0.25, 0.3) is 0 Å². The molecule has 4 N–H and O–H groups in total. The maximum Gasteiger partial charge on any atom is 0.469 e. The lowest BCUT2D eigenvalue weighted by Crippen LogP contribution is -2.45. The molecule has 0 aromatic rings. The third kappa shape index (κ3) is 34.2. The summed E-state index contributed by atoms with van der Waals surface area (Å²) in [6.45, 7) is 4.05. The Morgan fingerprint density at radius 3 is 1.42 bits per heavy atom. The van der Waals surface area contributed by atoms with Gasteiger partial charge in [0, 0.05) is 6.42 Å². The first-order chi connectivity index (χ1) is 21.8. The highest BCUT2D eigenvalue weighted by molar-refractivity contribution is 7.46. The zero-order valence-corrected chi connectivity index (χ0v) is 30.2. The average molecular weight is 658 g/mol. The van der Waals surface area contributed by atoms with E-state index in [4.69, 9.17) is 9.79 Å². The number of aliphatic hydroxyl groups is 1. The largest absolute Gasteiger partial charge is 0.469 e. The van der Waals surface area contributed by atoms with Crippen LogP contribution in [0.4, 0.5) is 0 Å². The fourth-order valence-electron chi connectivity index (χ4n) is 5.51. The van der Waals surface area contributed by atoms with Crippen LogP contribution in [0.15, 0.2) is 24.3 Å². The Morgan fingerprint density at radius 1 is 0.622 bits per heavy atom. The first kappa shape index (κ1) is 44.0. The third-order valence-electron chi connectivity index (χ3n) is 8.40. The Morgan fingerprint density at radius 2 is 1.00 bits per heavy atom. The van der Waals surface area contributed by atoms with E-state index < -0.39 is 26.6 Å². The molecular formula is C37H72NO6P. The van der Waals surface area contributed by atoms with Gasteiger partial charge in [0.05, 0.1) is 18.8 Å². The van der Waals surface area contributed by atoms with E-state index in [1.165, 1.54) is 116 Å². The summed E-state index contributed by atoms with van der Waals surface area (Å²) in [4.78, 5) is 30.7. The number of allylic oxidation sites excluding steroid dienone is 3. The van der Waals surface area contributed by atoms with Crippen LogP contribution in [0, 0.1) is 0 Å². The second-order valence-corrected chi connectivity index (χ2v) is 14.1. The van der Waals surface area contributed by atoms with Crippen molar-refractivity contribution in [1.82, 2.24) is 5.32 Å². The first-order valence-electron chi connectivity index (χ1n) is 18.8. The molecule has 0 fully saturated rings. The third-order valence-corrected chi connectivity index (χ3v) is 8.89. The minimum atomic E-state index is -4.71. The minimum Gasteiger partial charge on any atom is -0.387 e. The van der Waals surface area contributed by atoms with Crippen LogP contribution < -0.4 is 5.32 Å². The van der Waals surface area contributed by atoms with Gasteiger partial charge in [-0.3, -0.25) is 9.32 Å². The number of rotatable bonds is 34. The van der Waals surface area contributed by atoms with Gasteiger partial charge in [0.15, 0.2) is 0 Å². The lowest BCUT2D eigenvalue weighted by molar-refractivity contribution is -0.123. The van der Waals surface area contributed by atoms with E-state index in [0.29, 0.717) is 6.42 Å². The molecule has 0 aliphatic carbocycles. The molecule has 0 heterocycles. The maximum atomic E-state index is 12.5. The zero-order chi connectivity index (χ0) is 33.3. The zero-order valence-electron chi connectivity index (χ0n) is 29.3. The highest BCUT2D eigenvalue weighted by Gasteiger charge is 2.24. The second-order valence-electron chi connectivity index (χ2n) is 12.9. The molecule has 0 bridgehead atoms. The van der Waals surface area contributed by atoms with E-state index >= 15 is 0 Å². The van der Waals surface area contributed by atoms with Gasteiger partial charge in [-0.1, -0.05) is 160 Å².